The van der Waals surface area contributed by atoms with Crippen molar-refractivity contribution in [3.05, 3.63) is 18.3 Å². The Morgan fingerprint density at radius 3 is 3.31 bits per heavy atom. The molecule has 5 nitrogen and oxygen atoms in total. The first kappa shape index (κ1) is 7.85. The maximum Gasteiger partial charge on any atom is 0.413 e. The smallest absolute Gasteiger partial charge is 0.413 e. The summed E-state index contributed by atoms with van der Waals surface area (Å²) in [7, 11) is 0. The average molecular weight is 180 g/mol. The fraction of sp³-hybridized carbons (Fsp3) is 0.250. The van der Waals surface area contributed by atoms with Gasteiger partial charge in [-0.2, -0.15) is 0 Å². The Morgan fingerprint density at radius 2 is 2.54 bits per heavy atom. The first-order valence-electron chi connectivity index (χ1n) is 3.87. The highest BCUT2D eigenvalue weighted by molar-refractivity contribution is 5.87. The Balaban J connectivity index is 2.42. The number of anilines is 1. The molecule has 0 fully saturated rings. The number of nitrogens with zero attached hydrogens (tertiary/aromatic N) is 2. The molecule has 0 saturated carbocycles. The van der Waals surface area contributed by atoms with Gasteiger partial charge in [-0.25, -0.2) is 9.78 Å². The van der Waals surface area contributed by atoms with Crippen LogP contribution in [0.25, 0.3) is 0 Å². The van der Waals surface area contributed by atoms with Crippen molar-refractivity contribution in [2.24, 2.45) is 0 Å². The molecule has 1 aliphatic rings. The van der Waals surface area contributed by atoms with Gasteiger partial charge in [0.1, 0.15) is 6.61 Å². The van der Waals surface area contributed by atoms with Gasteiger partial charge in [-0.15, -0.1) is 0 Å². The summed E-state index contributed by atoms with van der Waals surface area (Å²) >= 11 is 0. The van der Waals surface area contributed by atoms with Gasteiger partial charge in [-0.3, -0.25) is 4.90 Å². The summed E-state index contributed by atoms with van der Waals surface area (Å²) < 4.78 is 5.24. The van der Waals surface area contributed by atoms with E-state index in [0.29, 0.717) is 24.7 Å². The molecule has 0 bridgehead atoms. The Labute approximate surface area is 74.6 Å². The quantitative estimate of drug-likeness (QED) is 0.645. The fourth-order valence-electron chi connectivity index (χ4n) is 1.24. The Morgan fingerprint density at radius 1 is 1.69 bits per heavy atom. The van der Waals surface area contributed by atoms with Crippen molar-refractivity contribution in [2.75, 3.05) is 18.1 Å². The molecular formula is C8H8N2O3. The van der Waals surface area contributed by atoms with Gasteiger partial charge in [-0.05, 0) is 12.1 Å². The molecule has 0 atom stereocenters. The molecule has 0 unspecified atom stereocenters. The first-order valence-corrected chi connectivity index (χ1v) is 3.87. The van der Waals surface area contributed by atoms with Crippen molar-refractivity contribution in [1.29, 1.82) is 0 Å². The molecule has 0 saturated heterocycles. The number of rotatable bonds is 0. The molecular weight excluding hydrogens is 172 g/mol. The van der Waals surface area contributed by atoms with Crippen molar-refractivity contribution >= 4 is 11.9 Å². The van der Waals surface area contributed by atoms with Gasteiger partial charge in [0.05, 0.1) is 6.54 Å². The highest BCUT2D eigenvalue weighted by Gasteiger charge is 2.23. The summed E-state index contributed by atoms with van der Waals surface area (Å²) in [6.45, 7) is 0.713. The summed E-state index contributed by atoms with van der Waals surface area (Å²) in [5, 5.41) is 8.82. The highest BCUT2D eigenvalue weighted by atomic mass is 16.5. The summed E-state index contributed by atoms with van der Waals surface area (Å²) in [4.78, 5) is 15.9. The van der Waals surface area contributed by atoms with Gasteiger partial charge in [0, 0.05) is 6.20 Å². The van der Waals surface area contributed by atoms with Crippen LogP contribution in [0.5, 0.6) is 5.75 Å². The maximum absolute atomic E-state index is 10.7. The van der Waals surface area contributed by atoms with Gasteiger partial charge in [0.25, 0.3) is 0 Å². The van der Waals surface area contributed by atoms with E-state index in [1.807, 2.05) is 0 Å². The third-order valence-corrected chi connectivity index (χ3v) is 1.81. The molecule has 0 radical (unpaired) electrons. The van der Waals surface area contributed by atoms with Crippen molar-refractivity contribution in [3.8, 4) is 5.75 Å². The number of carboxylic acid groups (broad SMARTS) is 1. The van der Waals surface area contributed by atoms with E-state index in [0.717, 1.165) is 0 Å². The van der Waals surface area contributed by atoms with E-state index >= 15 is 0 Å². The number of aromatic nitrogens is 1. The minimum atomic E-state index is -0.997. The van der Waals surface area contributed by atoms with Gasteiger partial charge < -0.3 is 9.84 Å². The Bertz CT molecular complexity index is 340. The summed E-state index contributed by atoms with van der Waals surface area (Å²) in [5.74, 6) is 0.900. The predicted molar refractivity (Wildman–Crippen MR) is 45.1 cm³/mol. The van der Waals surface area contributed by atoms with E-state index in [-0.39, 0.29) is 0 Å². The minimum Gasteiger partial charge on any atom is -0.488 e. The van der Waals surface area contributed by atoms with Crippen LogP contribution >= 0.6 is 0 Å². The van der Waals surface area contributed by atoms with Crippen molar-refractivity contribution < 1.29 is 14.6 Å². The third-order valence-electron chi connectivity index (χ3n) is 1.81. The summed E-state index contributed by atoms with van der Waals surface area (Å²) in [6, 6.07) is 3.42. The van der Waals surface area contributed by atoms with Gasteiger partial charge in [0.2, 0.25) is 0 Å². The predicted octanol–water partition coefficient (Wildman–Crippen LogP) is 0.958. The average Bonchev–Trinajstić information content (AvgIpc) is 2.17. The first-order chi connectivity index (χ1) is 6.29. The molecule has 1 aromatic rings. The lowest BCUT2D eigenvalue weighted by atomic mass is 10.3. The van der Waals surface area contributed by atoms with E-state index in [2.05, 4.69) is 4.98 Å². The third kappa shape index (κ3) is 1.28. The second-order valence-electron chi connectivity index (χ2n) is 2.61. The van der Waals surface area contributed by atoms with Crippen LogP contribution in [0.4, 0.5) is 10.6 Å². The zero-order valence-electron chi connectivity index (χ0n) is 6.80. The molecule has 13 heavy (non-hydrogen) atoms. The Hall–Kier alpha value is -1.78. The molecule has 1 N–H and O–H groups in total. The van der Waals surface area contributed by atoms with Crippen LogP contribution in [-0.4, -0.2) is 29.3 Å². The van der Waals surface area contributed by atoms with E-state index in [9.17, 15) is 4.79 Å². The number of ether oxygens (including phenoxy) is 1. The SMILES string of the molecule is O=C(O)N1CCOc2cccnc21. The molecule has 0 spiro atoms. The zero-order chi connectivity index (χ0) is 9.26. The van der Waals surface area contributed by atoms with Crippen LogP contribution in [0.2, 0.25) is 0 Å². The van der Waals surface area contributed by atoms with Gasteiger partial charge in [0.15, 0.2) is 11.6 Å². The van der Waals surface area contributed by atoms with E-state index in [1.54, 1.807) is 18.3 Å². The molecule has 2 rings (SSSR count). The molecule has 5 heteroatoms. The zero-order valence-corrected chi connectivity index (χ0v) is 6.80. The Kier molecular flexibility index (Phi) is 1.77. The topological polar surface area (TPSA) is 62.7 Å². The fourth-order valence-corrected chi connectivity index (χ4v) is 1.24. The second kappa shape index (κ2) is 2.93. The molecule has 1 aliphatic heterocycles. The van der Waals surface area contributed by atoms with Crippen LogP contribution in [0.1, 0.15) is 0 Å². The van der Waals surface area contributed by atoms with Crippen LogP contribution in [0.3, 0.4) is 0 Å². The monoisotopic (exact) mass is 180 g/mol. The lowest BCUT2D eigenvalue weighted by molar-refractivity contribution is 0.196. The van der Waals surface area contributed by atoms with E-state index < -0.39 is 6.09 Å². The molecule has 1 aromatic heterocycles. The standard InChI is InChI=1S/C8H8N2O3/c11-8(12)10-4-5-13-6-2-1-3-9-7(6)10/h1-3H,4-5H2,(H,11,12). The number of fused-ring (bicyclic) bond motifs is 1. The number of hydrogen-bond acceptors (Lipinski definition) is 3. The van der Waals surface area contributed by atoms with Crippen molar-refractivity contribution in [2.45, 2.75) is 0 Å². The number of pyridine rings is 1. The van der Waals surface area contributed by atoms with Crippen molar-refractivity contribution in [3.63, 3.8) is 0 Å². The highest BCUT2D eigenvalue weighted by Crippen LogP contribution is 2.27. The number of amides is 1. The van der Waals surface area contributed by atoms with E-state index in [1.165, 1.54) is 4.90 Å². The molecule has 0 aliphatic carbocycles. The van der Waals surface area contributed by atoms with E-state index in [4.69, 9.17) is 9.84 Å². The maximum atomic E-state index is 10.7. The van der Waals surface area contributed by atoms with Crippen LogP contribution in [0.15, 0.2) is 18.3 Å². The largest absolute Gasteiger partial charge is 0.488 e. The van der Waals surface area contributed by atoms with Crippen LogP contribution in [0, 0.1) is 0 Å². The molecule has 1 amide bonds. The van der Waals surface area contributed by atoms with Crippen LogP contribution in [-0.2, 0) is 0 Å². The molecule has 2 heterocycles. The van der Waals surface area contributed by atoms with Crippen molar-refractivity contribution in [1.82, 2.24) is 4.98 Å². The summed E-state index contributed by atoms with van der Waals surface area (Å²) in [5.41, 5.74) is 0. The molecule has 0 aromatic carbocycles. The normalized spacial score (nSPS) is 14.6. The summed E-state index contributed by atoms with van der Waals surface area (Å²) in [6.07, 6.45) is 0.548. The second-order valence-corrected chi connectivity index (χ2v) is 2.61. The number of hydrogen-bond donors (Lipinski definition) is 1. The molecule has 68 valence electrons. The van der Waals surface area contributed by atoms with Gasteiger partial charge >= 0.3 is 6.09 Å². The lowest BCUT2D eigenvalue weighted by Crippen LogP contribution is -2.37. The van der Waals surface area contributed by atoms with Crippen LogP contribution < -0.4 is 9.64 Å². The minimum absolute atomic E-state index is 0.333. The van der Waals surface area contributed by atoms with Gasteiger partial charge in [-0.1, -0.05) is 0 Å². The lowest BCUT2D eigenvalue weighted by Gasteiger charge is -2.25. The number of carbonyl (C=O) groups is 1.